The number of carbonyl (C=O) groups is 2. The molecule has 6 nitrogen and oxygen atoms in total. The molecular formula is C20H18BrClO6. The van der Waals surface area contributed by atoms with E-state index in [-0.39, 0.29) is 19.3 Å². The lowest BCUT2D eigenvalue weighted by Crippen LogP contribution is -2.18. The average molecular weight is 470 g/mol. The van der Waals surface area contributed by atoms with Gasteiger partial charge in [0.25, 0.3) is 0 Å². The summed E-state index contributed by atoms with van der Waals surface area (Å²) in [6, 6.07) is 11.2. The minimum Gasteiger partial charge on any atom is -0.480 e. The van der Waals surface area contributed by atoms with E-state index in [1.165, 1.54) is 24.3 Å². The number of benzene rings is 2. The zero-order valence-electron chi connectivity index (χ0n) is 14.9. The normalized spacial score (nSPS) is 15.9. The Kier molecular flexibility index (Phi) is 7.30. The van der Waals surface area contributed by atoms with Crippen LogP contribution in [0.15, 0.2) is 46.9 Å². The van der Waals surface area contributed by atoms with Gasteiger partial charge in [-0.3, -0.25) is 0 Å². The van der Waals surface area contributed by atoms with E-state index < -0.39 is 11.9 Å². The van der Waals surface area contributed by atoms with E-state index in [1.54, 1.807) is 18.2 Å². The van der Waals surface area contributed by atoms with Crippen molar-refractivity contribution in [1.82, 2.24) is 0 Å². The van der Waals surface area contributed by atoms with E-state index in [1.807, 2.05) is 0 Å². The molecule has 1 saturated heterocycles. The Morgan fingerprint density at radius 1 is 1.18 bits per heavy atom. The smallest absolute Gasteiger partial charge is 0.349 e. The van der Waals surface area contributed by atoms with Crippen LogP contribution in [0.3, 0.4) is 0 Å². The van der Waals surface area contributed by atoms with Crippen LogP contribution in [-0.2, 0) is 14.3 Å². The third kappa shape index (κ3) is 5.95. The van der Waals surface area contributed by atoms with Crippen LogP contribution in [0, 0.1) is 0 Å². The van der Waals surface area contributed by atoms with Crippen LogP contribution in [0.5, 0.6) is 11.5 Å². The van der Waals surface area contributed by atoms with Gasteiger partial charge in [0.1, 0.15) is 18.1 Å². The van der Waals surface area contributed by atoms with Crippen LogP contribution < -0.4 is 9.47 Å². The molecule has 1 fully saturated rings. The fraction of sp³-hybridized carbons (Fsp3) is 0.300. The molecular weight excluding hydrogens is 452 g/mol. The summed E-state index contributed by atoms with van der Waals surface area (Å²) in [6.45, 7) is 0.651. The maximum Gasteiger partial charge on any atom is 0.349 e. The minimum atomic E-state index is -0.590. The molecule has 0 radical (unpaired) electrons. The first kappa shape index (κ1) is 20.6. The van der Waals surface area contributed by atoms with E-state index in [4.69, 9.17) is 30.5 Å². The lowest BCUT2D eigenvalue weighted by molar-refractivity contribution is -0.136. The van der Waals surface area contributed by atoms with E-state index >= 15 is 0 Å². The maximum absolute atomic E-state index is 12.0. The molecule has 8 heteroatoms. The van der Waals surface area contributed by atoms with Crippen LogP contribution in [0.25, 0.3) is 0 Å². The van der Waals surface area contributed by atoms with Gasteiger partial charge in [-0.15, -0.1) is 0 Å². The molecule has 148 valence electrons. The minimum absolute atomic E-state index is 0.0246. The van der Waals surface area contributed by atoms with E-state index in [0.29, 0.717) is 28.7 Å². The van der Waals surface area contributed by atoms with Crippen LogP contribution in [0.4, 0.5) is 0 Å². The second-order valence-corrected chi connectivity index (χ2v) is 7.42. The van der Waals surface area contributed by atoms with Crippen molar-refractivity contribution in [2.24, 2.45) is 0 Å². The number of rotatable bonds is 7. The molecule has 0 saturated carbocycles. The van der Waals surface area contributed by atoms with Crippen LogP contribution >= 0.6 is 27.5 Å². The van der Waals surface area contributed by atoms with Gasteiger partial charge in [0.2, 0.25) is 0 Å². The molecule has 0 aliphatic carbocycles. The van der Waals surface area contributed by atoms with Gasteiger partial charge in [-0.1, -0.05) is 27.5 Å². The number of ether oxygens (including phenoxy) is 4. The van der Waals surface area contributed by atoms with Crippen molar-refractivity contribution in [1.29, 1.82) is 0 Å². The summed E-state index contributed by atoms with van der Waals surface area (Å²) in [4.78, 5) is 24.0. The number of esters is 2. The highest BCUT2D eigenvalue weighted by Gasteiger charge is 2.18. The summed E-state index contributed by atoms with van der Waals surface area (Å²) in [5, 5.41) is 0.382. The zero-order valence-corrected chi connectivity index (χ0v) is 17.2. The third-order valence-electron chi connectivity index (χ3n) is 3.99. The Labute approximate surface area is 175 Å². The van der Waals surface area contributed by atoms with Crippen molar-refractivity contribution >= 4 is 39.5 Å². The lowest BCUT2D eigenvalue weighted by Gasteiger charge is -2.11. The molecule has 1 aliphatic rings. The summed E-state index contributed by atoms with van der Waals surface area (Å²) >= 11 is 9.32. The molecule has 28 heavy (non-hydrogen) atoms. The number of halogens is 2. The summed E-state index contributed by atoms with van der Waals surface area (Å²) in [7, 11) is 0. The van der Waals surface area contributed by atoms with Crippen LogP contribution in [-0.4, -0.2) is 37.9 Å². The predicted octanol–water partition coefficient (Wildman–Crippen LogP) is 4.42. The van der Waals surface area contributed by atoms with Crippen LogP contribution in [0.2, 0.25) is 5.02 Å². The highest BCUT2D eigenvalue weighted by Crippen LogP contribution is 2.27. The molecule has 0 amide bonds. The molecule has 1 aliphatic heterocycles. The van der Waals surface area contributed by atoms with Gasteiger partial charge in [-0.2, -0.15) is 0 Å². The molecule has 2 aromatic rings. The SMILES string of the molecule is O=C(COc1ccc(Br)cc1Cl)Oc1ccc(C(=O)OCC2CCCO2)cc1. The molecule has 0 N–H and O–H groups in total. The van der Waals surface area contributed by atoms with E-state index in [2.05, 4.69) is 15.9 Å². The Bertz CT molecular complexity index is 833. The summed E-state index contributed by atoms with van der Waals surface area (Å²) in [5.74, 6) is -0.355. The molecule has 0 aromatic heterocycles. The summed E-state index contributed by atoms with van der Waals surface area (Å²) in [5.41, 5.74) is 0.371. The Hall–Kier alpha value is -2.09. The summed E-state index contributed by atoms with van der Waals surface area (Å²) < 4.78 is 22.0. The lowest BCUT2D eigenvalue weighted by atomic mass is 10.2. The Balaban J connectivity index is 1.46. The zero-order chi connectivity index (χ0) is 19.9. The monoisotopic (exact) mass is 468 g/mol. The van der Waals surface area contributed by atoms with Crippen molar-refractivity contribution in [3.63, 3.8) is 0 Å². The molecule has 1 unspecified atom stereocenters. The highest BCUT2D eigenvalue weighted by molar-refractivity contribution is 9.10. The van der Waals surface area contributed by atoms with Crippen molar-refractivity contribution in [2.75, 3.05) is 19.8 Å². The van der Waals surface area contributed by atoms with Gasteiger partial charge >= 0.3 is 11.9 Å². The molecule has 1 atom stereocenters. The first-order valence-electron chi connectivity index (χ1n) is 8.68. The molecule has 0 spiro atoms. The number of hydrogen-bond acceptors (Lipinski definition) is 6. The Morgan fingerprint density at radius 2 is 1.96 bits per heavy atom. The molecule has 0 bridgehead atoms. The second kappa shape index (κ2) is 9.91. The van der Waals surface area contributed by atoms with Gasteiger partial charge in [0.15, 0.2) is 6.61 Å². The standard InChI is InChI=1S/C20H18BrClO6/c21-14-5-8-18(17(22)10-14)26-12-19(23)28-15-6-3-13(4-7-15)20(24)27-11-16-2-1-9-25-16/h3-8,10,16H,1-2,9,11-12H2. The second-order valence-electron chi connectivity index (χ2n) is 6.10. The highest BCUT2D eigenvalue weighted by atomic mass is 79.9. The third-order valence-corrected chi connectivity index (χ3v) is 4.77. The average Bonchev–Trinajstić information content (AvgIpc) is 3.19. The van der Waals surface area contributed by atoms with Gasteiger partial charge in [-0.05, 0) is 55.3 Å². The molecule has 2 aromatic carbocycles. The maximum atomic E-state index is 12.0. The Morgan fingerprint density at radius 3 is 2.64 bits per heavy atom. The fourth-order valence-corrected chi connectivity index (χ4v) is 3.30. The quantitative estimate of drug-likeness (QED) is 0.441. The first-order valence-corrected chi connectivity index (χ1v) is 9.85. The van der Waals surface area contributed by atoms with Gasteiger partial charge in [0.05, 0.1) is 16.7 Å². The van der Waals surface area contributed by atoms with Gasteiger partial charge in [-0.25, -0.2) is 9.59 Å². The van der Waals surface area contributed by atoms with Crippen molar-refractivity contribution in [2.45, 2.75) is 18.9 Å². The summed E-state index contributed by atoms with van der Waals surface area (Å²) in [6.07, 6.45) is 1.86. The largest absolute Gasteiger partial charge is 0.480 e. The van der Waals surface area contributed by atoms with Gasteiger partial charge < -0.3 is 18.9 Å². The predicted molar refractivity (Wildman–Crippen MR) is 106 cm³/mol. The topological polar surface area (TPSA) is 71.1 Å². The van der Waals surface area contributed by atoms with Crippen molar-refractivity contribution in [3.8, 4) is 11.5 Å². The van der Waals surface area contributed by atoms with Crippen molar-refractivity contribution < 1.29 is 28.5 Å². The first-order chi connectivity index (χ1) is 13.5. The van der Waals surface area contributed by atoms with E-state index in [9.17, 15) is 9.59 Å². The molecule has 3 rings (SSSR count). The molecule has 1 heterocycles. The number of carbonyl (C=O) groups excluding carboxylic acids is 2. The fourth-order valence-electron chi connectivity index (χ4n) is 2.58. The van der Waals surface area contributed by atoms with Gasteiger partial charge in [0, 0.05) is 11.1 Å². The van der Waals surface area contributed by atoms with Crippen molar-refractivity contribution in [3.05, 3.63) is 57.5 Å². The van der Waals surface area contributed by atoms with E-state index in [0.717, 1.165) is 17.3 Å². The number of hydrogen-bond donors (Lipinski definition) is 0. The van der Waals surface area contributed by atoms with Crippen LogP contribution in [0.1, 0.15) is 23.2 Å².